The molecular weight excluding hydrogens is 380 g/mol. The van der Waals surface area contributed by atoms with Crippen LogP contribution in [0.15, 0.2) is 60.9 Å². The Bertz CT molecular complexity index is 991. The number of carboxylic acids is 1. The molecule has 1 N–H and O–H groups in total. The highest BCUT2D eigenvalue weighted by atomic mass is 16.5. The van der Waals surface area contributed by atoms with Crippen molar-refractivity contribution in [2.75, 3.05) is 0 Å². The molecule has 0 saturated carbocycles. The van der Waals surface area contributed by atoms with E-state index in [0.717, 1.165) is 24.0 Å². The van der Waals surface area contributed by atoms with Crippen molar-refractivity contribution in [1.29, 1.82) is 0 Å². The van der Waals surface area contributed by atoms with Crippen LogP contribution in [0.3, 0.4) is 0 Å². The SMILES string of the molecule is Cc1ccc(C(=O)c2nccn2CCCc2ccc(CO[C@H](C)C(=O)O)cc2)cc1. The Labute approximate surface area is 176 Å². The largest absolute Gasteiger partial charge is 0.479 e. The second-order valence-corrected chi connectivity index (χ2v) is 7.35. The van der Waals surface area contributed by atoms with Gasteiger partial charge in [-0.1, -0.05) is 54.1 Å². The molecule has 0 aliphatic carbocycles. The predicted octanol–water partition coefficient (Wildman–Crippen LogP) is 4.05. The van der Waals surface area contributed by atoms with Gasteiger partial charge in [0.25, 0.3) is 0 Å². The first-order chi connectivity index (χ1) is 14.4. The first-order valence-electron chi connectivity index (χ1n) is 9.99. The molecule has 3 rings (SSSR count). The number of nitrogens with zero attached hydrogens (tertiary/aromatic N) is 2. The van der Waals surface area contributed by atoms with E-state index in [1.54, 1.807) is 6.20 Å². The number of hydrogen-bond acceptors (Lipinski definition) is 4. The van der Waals surface area contributed by atoms with Crippen molar-refractivity contribution in [2.45, 2.75) is 45.9 Å². The maximum Gasteiger partial charge on any atom is 0.332 e. The normalized spacial score (nSPS) is 11.9. The zero-order chi connectivity index (χ0) is 21.5. The van der Waals surface area contributed by atoms with Gasteiger partial charge in [0.15, 0.2) is 11.9 Å². The highest BCUT2D eigenvalue weighted by Gasteiger charge is 2.15. The third-order valence-electron chi connectivity index (χ3n) is 4.97. The standard InChI is InChI=1S/C24H26N2O4/c1-17-5-11-21(12-6-17)22(27)23-25-13-15-26(23)14-3-4-19-7-9-20(10-8-19)16-30-18(2)24(28)29/h5-13,15,18H,3-4,14,16H2,1-2H3,(H,28,29)/t18-/m1/s1. The van der Waals surface area contributed by atoms with Gasteiger partial charge >= 0.3 is 5.97 Å². The Morgan fingerprint density at radius 3 is 2.40 bits per heavy atom. The summed E-state index contributed by atoms with van der Waals surface area (Å²) in [6, 6.07) is 15.5. The minimum absolute atomic E-state index is 0.0695. The molecule has 0 amide bonds. The number of carbonyl (C=O) groups is 2. The number of hydrogen-bond donors (Lipinski definition) is 1. The Kier molecular flexibility index (Phi) is 7.14. The minimum atomic E-state index is -0.966. The zero-order valence-electron chi connectivity index (χ0n) is 17.2. The van der Waals surface area contributed by atoms with Gasteiger partial charge in [-0.2, -0.15) is 0 Å². The molecule has 0 radical (unpaired) electrons. The quantitative estimate of drug-likeness (QED) is 0.514. The van der Waals surface area contributed by atoms with Gasteiger partial charge in [-0.3, -0.25) is 4.79 Å². The van der Waals surface area contributed by atoms with Gasteiger partial charge in [0.2, 0.25) is 5.78 Å². The molecule has 0 bridgehead atoms. The molecule has 0 aliphatic rings. The molecule has 6 nitrogen and oxygen atoms in total. The summed E-state index contributed by atoms with van der Waals surface area (Å²) < 4.78 is 7.20. The second kappa shape index (κ2) is 9.98. The van der Waals surface area contributed by atoms with Crippen LogP contribution in [0.1, 0.15) is 46.2 Å². The van der Waals surface area contributed by atoms with E-state index in [2.05, 4.69) is 4.98 Å². The van der Waals surface area contributed by atoms with Crippen LogP contribution in [0.25, 0.3) is 0 Å². The van der Waals surface area contributed by atoms with E-state index in [-0.39, 0.29) is 12.4 Å². The molecule has 156 valence electrons. The topological polar surface area (TPSA) is 81.4 Å². The molecule has 0 saturated heterocycles. The van der Waals surface area contributed by atoms with Gasteiger partial charge < -0.3 is 14.4 Å². The van der Waals surface area contributed by atoms with Gasteiger partial charge in [-0.25, -0.2) is 9.78 Å². The smallest absolute Gasteiger partial charge is 0.332 e. The molecular formula is C24H26N2O4. The van der Waals surface area contributed by atoms with Crippen LogP contribution in [-0.4, -0.2) is 32.5 Å². The van der Waals surface area contributed by atoms with Gasteiger partial charge in [0.1, 0.15) is 0 Å². The summed E-state index contributed by atoms with van der Waals surface area (Å²) in [6.45, 7) is 4.48. The summed E-state index contributed by atoms with van der Waals surface area (Å²) in [5, 5.41) is 8.86. The number of ether oxygens (including phenoxy) is 1. The lowest BCUT2D eigenvalue weighted by atomic mass is 10.1. The number of aryl methyl sites for hydroxylation is 3. The molecule has 0 aliphatic heterocycles. The van der Waals surface area contributed by atoms with Crippen molar-refractivity contribution in [3.8, 4) is 0 Å². The number of imidazole rings is 1. The van der Waals surface area contributed by atoms with Gasteiger partial charge in [0, 0.05) is 24.5 Å². The Morgan fingerprint density at radius 2 is 1.73 bits per heavy atom. The number of ketones is 1. The van der Waals surface area contributed by atoms with E-state index >= 15 is 0 Å². The van der Waals surface area contributed by atoms with Crippen LogP contribution < -0.4 is 0 Å². The van der Waals surface area contributed by atoms with Crippen LogP contribution in [0, 0.1) is 6.92 Å². The molecule has 2 aromatic carbocycles. The van der Waals surface area contributed by atoms with Crippen molar-refractivity contribution in [2.24, 2.45) is 0 Å². The fourth-order valence-corrected chi connectivity index (χ4v) is 3.08. The highest BCUT2D eigenvalue weighted by molar-refractivity contribution is 6.06. The zero-order valence-corrected chi connectivity index (χ0v) is 17.2. The van der Waals surface area contributed by atoms with E-state index in [0.29, 0.717) is 17.9 Å². The fraction of sp³-hybridized carbons (Fsp3) is 0.292. The summed E-state index contributed by atoms with van der Waals surface area (Å²) >= 11 is 0. The fourth-order valence-electron chi connectivity index (χ4n) is 3.08. The maximum absolute atomic E-state index is 12.7. The molecule has 1 aromatic heterocycles. The summed E-state index contributed by atoms with van der Waals surface area (Å²) in [4.78, 5) is 27.8. The molecule has 1 atom stereocenters. The number of aromatic nitrogens is 2. The van der Waals surface area contributed by atoms with Crippen LogP contribution in [0.4, 0.5) is 0 Å². The van der Waals surface area contributed by atoms with E-state index in [4.69, 9.17) is 9.84 Å². The first kappa shape index (κ1) is 21.5. The molecule has 3 aromatic rings. The molecule has 0 spiro atoms. The summed E-state index contributed by atoms with van der Waals surface area (Å²) in [5.74, 6) is -0.579. The Hall–Kier alpha value is -3.25. The molecule has 0 unspecified atom stereocenters. The van der Waals surface area contributed by atoms with Gasteiger partial charge in [-0.05, 0) is 37.8 Å². The molecule has 1 heterocycles. The van der Waals surface area contributed by atoms with Crippen molar-refractivity contribution in [3.05, 3.63) is 89.0 Å². The summed E-state index contributed by atoms with van der Waals surface area (Å²) in [6.07, 6.45) is 4.41. The first-order valence-corrected chi connectivity index (χ1v) is 9.99. The maximum atomic E-state index is 12.7. The third-order valence-corrected chi connectivity index (χ3v) is 4.97. The second-order valence-electron chi connectivity index (χ2n) is 7.35. The van der Waals surface area contributed by atoms with Crippen molar-refractivity contribution in [3.63, 3.8) is 0 Å². The van der Waals surface area contributed by atoms with Crippen LogP contribution in [0.2, 0.25) is 0 Å². The van der Waals surface area contributed by atoms with Crippen molar-refractivity contribution >= 4 is 11.8 Å². The van der Waals surface area contributed by atoms with Gasteiger partial charge in [0.05, 0.1) is 6.61 Å². The van der Waals surface area contributed by atoms with Crippen LogP contribution >= 0.6 is 0 Å². The average molecular weight is 406 g/mol. The Balaban J connectivity index is 1.52. The van der Waals surface area contributed by atoms with Crippen LogP contribution in [-0.2, 0) is 29.1 Å². The number of rotatable bonds is 10. The lowest BCUT2D eigenvalue weighted by Crippen LogP contribution is -2.19. The number of benzene rings is 2. The van der Waals surface area contributed by atoms with Crippen LogP contribution in [0.5, 0.6) is 0 Å². The summed E-state index contributed by atoms with van der Waals surface area (Å²) in [7, 11) is 0. The monoisotopic (exact) mass is 406 g/mol. The van der Waals surface area contributed by atoms with E-state index in [1.807, 2.05) is 66.2 Å². The number of aliphatic carboxylic acids is 1. The highest BCUT2D eigenvalue weighted by Crippen LogP contribution is 2.13. The van der Waals surface area contributed by atoms with Crippen molar-refractivity contribution < 1.29 is 19.4 Å². The molecule has 6 heteroatoms. The number of carbonyl (C=O) groups excluding carboxylic acids is 1. The predicted molar refractivity (Wildman–Crippen MR) is 113 cm³/mol. The van der Waals surface area contributed by atoms with Crippen molar-refractivity contribution in [1.82, 2.24) is 9.55 Å². The third kappa shape index (κ3) is 5.64. The Morgan fingerprint density at radius 1 is 1.07 bits per heavy atom. The number of carboxylic acid groups (broad SMARTS) is 1. The van der Waals surface area contributed by atoms with E-state index < -0.39 is 12.1 Å². The minimum Gasteiger partial charge on any atom is -0.479 e. The summed E-state index contributed by atoms with van der Waals surface area (Å²) in [5.41, 5.74) is 3.87. The average Bonchev–Trinajstić information content (AvgIpc) is 3.21. The van der Waals surface area contributed by atoms with E-state index in [1.165, 1.54) is 12.5 Å². The molecule has 0 fully saturated rings. The lowest BCUT2D eigenvalue weighted by Gasteiger charge is -2.10. The lowest BCUT2D eigenvalue weighted by molar-refractivity contribution is -0.149. The molecule has 30 heavy (non-hydrogen) atoms. The van der Waals surface area contributed by atoms with Gasteiger partial charge in [-0.15, -0.1) is 0 Å². The van der Waals surface area contributed by atoms with E-state index in [9.17, 15) is 9.59 Å².